The smallest absolute Gasteiger partial charge is 0.243 e. The Labute approximate surface area is 244 Å². The number of carbonyl (C=O) groups excluding carboxylic acids is 3. The maximum atomic E-state index is 13.7. The number of likely N-dealkylation sites (tertiary alicyclic amines) is 1. The first-order valence-electron chi connectivity index (χ1n) is 15.1. The van der Waals surface area contributed by atoms with Crippen molar-refractivity contribution in [2.24, 2.45) is 5.92 Å². The van der Waals surface area contributed by atoms with Crippen LogP contribution in [0.3, 0.4) is 0 Å². The van der Waals surface area contributed by atoms with Crippen LogP contribution in [0.15, 0.2) is 72.8 Å². The van der Waals surface area contributed by atoms with E-state index in [1.807, 2.05) is 55.1 Å². The number of carbonyl (C=O) groups is 3. The van der Waals surface area contributed by atoms with Crippen molar-refractivity contribution in [3.8, 4) is 0 Å². The van der Waals surface area contributed by atoms with E-state index in [4.69, 9.17) is 0 Å². The minimum absolute atomic E-state index is 0.0692. The number of fused-ring (bicyclic) bond motifs is 1. The van der Waals surface area contributed by atoms with Crippen LogP contribution in [0, 0.1) is 5.92 Å². The summed E-state index contributed by atoms with van der Waals surface area (Å²) in [6.45, 7) is 6.71. The summed E-state index contributed by atoms with van der Waals surface area (Å²) in [5.41, 5.74) is 2.20. The molecule has 3 aromatic rings. The molecular formula is C34H44N4O3. The number of amides is 3. The molecule has 218 valence electrons. The molecule has 1 aliphatic rings. The normalized spacial score (nSPS) is 15.7. The van der Waals surface area contributed by atoms with E-state index in [0.717, 1.165) is 61.5 Å². The van der Waals surface area contributed by atoms with E-state index in [1.165, 1.54) is 5.56 Å². The number of nitrogens with one attached hydrogen (secondary N) is 2. The summed E-state index contributed by atoms with van der Waals surface area (Å²) >= 11 is 0. The molecule has 4 rings (SSSR count). The standard InChI is InChI=1S/C34H44N4O3/c1-3-28(4-2)34(41)37-21-10-16-32(37)38(25-39)31(23-27-17-18-29-14-8-9-15-30(29)22-27)33(40)36-20-11-19-35-24-26-12-6-5-7-13-26/h5-9,12-15,17-18,22,25,28,31-32,35H,3-4,10-11,16,19-21,23-24H2,1-2H3,(H,36,40)/t31-,32?/m1/s1. The third-order valence-corrected chi connectivity index (χ3v) is 8.21. The number of nitrogens with zero attached hydrogens (tertiary/aromatic N) is 2. The molecule has 0 aromatic heterocycles. The molecule has 1 unspecified atom stereocenters. The summed E-state index contributed by atoms with van der Waals surface area (Å²) in [5, 5.41) is 8.73. The quantitative estimate of drug-likeness (QED) is 0.206. The van der Waals surface area contributed by atoms with Crippen LogP contribution >= 0.6 is 0 Å². The lowest BCUT2D eigenvalue weighted by atomic mass is 9.99. The van der Waals surface area contributed by atoms with Crippen LogP contribution in [0.25, 0.3) is 10.8 Å². The summed E-state index contributed by atoms with van der Waals surface area (Å²) in [7, 11) is 0. The molecule has 2 atom stereocenters. The monoisotopic (exact) mass is 556 g/mol. The second-order valence-corrected chi connectivity index (χ2v) is 10.9. The van der Waals surface area contributed by atoms with Gasteiger partial charge in [0.15, 0.2) is 0 Å². The Hall–Kier alpha value is -3.71. The Balaban J connectivity index is 1.47. The van der Waals surface area contributed by atoms with Gasteiger partial charge in [-0.2, -0.15) is 0 Å². The fraction of sp³-hybridized carbons (Fsp3) is 0.441. The summed E-state index contributed by atoms with van der Waals surface area (Å²) in [6, 6.07) is 23.8. The van der Waals surface area contributed by atoms with Crippen LogP contribution in [-0.2, 0) is 27.3 Å². The van der Waals surface area contributed by atoms with E-state index in [9.17, 15) is 14.4 Å². The fourth-order valence-electron chi connectivity index (χ4n) is 5.83. The van der Waals surface area contributed by atoms with Crippen LogP contribution < -0.4 is 10.6 Å². The van der Waals surface area contributed by atoms with Crippen LogP contribution in [-0.4, -0.2) is 59.9 Å². The number of hydrogen-bond donors (Lipinski definition) is 2. The van der Waals surface area contributed by atoms with Crippen molar-refractivity contribution >= 4 is 29.0 Å². The molecule has 0 spiro atoms. The lowest BCUT2D eigenvalue weighted by Crippen LogP contribution is -2.57. The minimum atomic E-state index is -0.717. The van der Waals surface area contributed by atoms with Gasteiger partial charge in [0.05, 0.1) is 0 Å². The van der Waals surface area contributed by atoms with Gasteiger partial charge in [-0.15, -0.1) is 0 Å². The van der Waals surface area contributed by atoms with E-state index in [0.29, 0.717) is 25.9 Å². The second kappa shape index (κ2) is 15.3. The van der Waals surface area contributed by atoms with E-state index < -0.39 is 12.2 Å². The van der Waals surface area contributed by atoms with E-state index in [1.54, 1.807) is 4.90 Å². The Morgan fingerprint density at radius 1 is 0.951 bits per heavy atom. The average molecular weight is 557 g/mol. The molecule has 1 saturated heterocycles. The molecule has 3 amide bonds. The van der Waals surface area contributed by atoms with Gasteiger partial charge < -0.3 is 20.4 Å². The first kappa shape index (κ1) is 30.3. The number of hydrogen-bond acceptors (Lipinski definition) is 4. The average Bonchev–Trinajstić information content (AvgIpc) is 3.49. The van der Waals surface area contributed by atoms with E-state index in [-0.39, 0.29) is 17.7 Å². The molecule has 0 saturated carbocycles. The molecule has 0 bridgehead atoms. The molecule has 7 nitrogen and oxygen atoms in total. The Morgan fingerprint density at radius 3 is 2.41 bits per heavy atom. The fourth-order valence-corrected chi connectivity index (χ4v) is 5.83. The zero-order chi connectivity index (χ0) is 29.0. The van der Waals surface area contributed by atoms with Gasteiger partial charge in [-0.1, -0.05) is 86.6 Å². The van der Waals surface area contributed by atoms with Crippen LogP contribution in [0.2, 0.25) is 0 Å². The third-order valence-electron chi connectivity index (χ3n) is 8.21. The third kappa shape index (κ3) is 7.94. The Morgan fingerprint density at radius 2 is 1.68 bits per heavy atom. The van der Waals surface area contributed by atoms with Crippen molar-refractivity contribution in [1.82, 2.24) is 20.4 Å². The van der Waals surface area contributed by atoms with Gasteiger partial charge in [-0.3, -0.25) is 14.4 Å². The molecule has 3 aromatic carbocycles. The molecule has 7 heteroatoms. The largest absolute Gasteiger partial charge is 0.354 e. The molecule has 2 N–H and O–H groups in total. The van der Waals surface area contributed by atoms with Crippen molar-refractivity contribution in [2.45, 2.75) is 71.1 Å². The predicted octanol–water partition coefficient (Wildman–Crippen LogP) is 4.89. The lowest BCUT2D eigenvalue weighted by molar-refractivity contribution is -0.147. The van der Waals surface area contributed by atoms with Gasteiger partial charge in [0.2, 0.25) is 18.2 Å². The Kier molecular flexibility index (Phi) is 11.3. The van der Waals surface area contributed by atoms with E-state index >= 15 is 0 Å². The van der Waals surface area contributed by atoms with Crippen molar-refractivity contribution in [3.63, 3.8) is 0 Å². The first-order chi connectivity index (χ1) is 20.0. The van der Waals surface area contributed by atoms with Gasteiger partial charge in [-0.05, 0) is 60.5 Å². The maximum Gasteiger partial charge on any atom is 0.243 e. The summed E-state index contributed by atoms with van der Waals surface area (Å²) < 4.78 is 0. The lowest BCUT2D eigenvalue weighted by Gasteiger charge is -2.38. The summed E-state index contributed by atoms with van der Waals surface area (Å²) in [5.74, 6) is -0.172. The van der Waals surface area contributed by atoms with Gasteiger partial charge in [0.25, 0.3) is 0 Å². The van der Waals surface area contributed by atoms with Gasteiger partial charge in [-0.25, -0.2) is 0 Å². The topological polar surface area (TPSA) is 81.8 Å². The highest BCUT2D eigenvalue weighted by atomic mass is 16.2. The Bertz CT molecular complexity index is 1280. The highest BCUT2D eigenvalue weighted by Gasteiger charge is 2.39. The van der Waals surface area contributed by atoms with Crippen molar-refractivity contribution < 1.29 is 14.4 Å². The molecule has 1 aliphatic heterocycles. The predicted molar refractivity (Wildman–Crippen MR) is 164 cm³/mol. The van der Waals surface area contributed by atoms with Crippen LogP contribution in [0.5, 0.6) is 0 Å². The zero-order valence-electron chi connectivity index (χ0n) is 24.4. The maximum absolute atomic E-state index is 13.7. The van der Waals surface area contributed by atoms with E-state index in [2.05, 4.69) is 47.0 Å². The van der Waals surface area contributed by atoms with Gasteiger partial charge in [0.1, 0.15) is 12.2 Å². The molecule has 1 fully saturated rings. The molecule has 41 heavy (non-hydrogen) atoms. The van der Waals surface area contributed by atoms with Crippen LogP contribution in [0.4, 0.5) is 0 Å². The summed E-state index contributed by atoms with van der Waals surface area (Å²) in [4.78, 5) is 43.2. The highest BCUT2D eigenvalue weighted by Crippen LogP contribution is 2.27. The van der Waals surface area contributed by atoms with Crippen molar-refractivity contribution in [1.29, 1.82) is 0 Å². The van der Waals surface area contributed by atoms with Gasteiger partial charge >= 0.3 is 0 Å². The van der Waals surface area contributed by atoms with Crippen LogP contribution in [0.1, 0.15) is 57.1 Å². The molecule has 0 radical (unpaired) electrons. The van der Waals surface area contributed by atoms with Crippen molar-refractivity contribution in [3.05, 3.63) is 83.9 Å². The number of rotatable bonds is 15. The number of benzene rings is 3. The summed E-state index contributed by atoms with van der Waals surface area (Å²) in [6.07, 6.45) is 4.53. The minimum Gasteiger partial charge on any atom is -0.354 e. The van der Waals surface area contributed by atoms with Gasteiger partial charge in [0, 0.05) is 32.0 Å². The second-order valence-electron chi connectivity index (χ2n) is 10.9. The van der Waals surface area contributed by atoms with Crippen molar-refractivity contribution in [2.75, 3.05) is 19.6 Å². The zero-order valence-corrected chi connectivity index (χ0v) is 24.4. The SMILES string of the molecule is CCC(CC)C(=O)N1CCCC1N(C=O)[C@H](Cc1ccc2ccccc2c1)C(=O)NCCCNCc1ccccc1. The molecule has 1 heterocycles. The molecule has 0 aliphatic carbocycles. The molecular weight excluding hydrogens is 512 g/mol. The first-order valence-corrected chi connectivity index (χ1v) is 15.1. The highest BCUT2D eigenvalue weighted by molar-refractivity contribution is 5.86.